The highest BCUT2D eigenvalue weighted by Crippen LogP contribution is 2.28. The van der Waals surface area contributed by atoms with E-state index in [1.54, 1.807) is 18.2 Å². The van der Waals surface area contributed by atoms with Crippen molar-refractivity contribution >= 4 is 34.4 Å². The van der Waals surface area contributed by atoms with Gasteiger partial charge in [-0.05, 0) is 44.9 Å². The van der Waals surface area contributed by atoms with E-state index in [0.29, 0.717) is 24.3 Å². The number of carbonyl (C=O) groups is 3. The number of nitrogens with two attached hydrogens (primary N) is 1. The number of aromatic nitrogens is 2. The van der Waals surface area contributed by atoms with E-state index in [4.69, 9.17) is 5.73 Å². The molecule has 0 saturated carbocycles. The predicted molar refractivity (Wildman–Crippen MR) is 119 cm³/mol. The summed E-state index contributed by atoms with van der Waals surface area (Å²) in [6.07, 6.45) is -2.28. The van der Waals surface area contributed by atoms with E-state index >= 15 is 0 Å². The molecule has 2 amide bonds. The van der Waals surface area contributed by atoms with Gasteiger partial charge in [0.1, 0.15) is 11.9 Å². The number of nitrogens with one attached hydrogen (secondary N) is 1. The molecular weight excluding hydrogens is 471 g/mol. The minimum atomic E-state index is -5.41. The number of aryl methyl sites for hydroxylation is 1. The first kappa shape index (κ1) is 26.1. The van der Waals surface area contributed by atoms with Crippen molar-refractivity contribution in [1.29, 1.82) is 0 Å². The Hall–Kier alpha value is -3.48. The van der Waals surface area contributed by atoms with E-state index in [0.717, 1.165) is 30.3 Å². The summed E-state index contributed by atoms with van der Waals surface area (Å²) in [5, 5.41) is 3.18. The third-order valence-corrected chi connectivity index (χ3v) is 5.61. The molecule has 2 aromatic rings. The molecule has 1 fully saturated rings. The van der Waals surface area contributed by atoms with Crippen molar-refractivity contribution in [2.24, 2.45) is 5.73 Å². The van der Waals surface area contributed by atoms with Crippen LogP contribution in [-0.4, -0.2) is 51.7 Å². The van der Waals surface area contributed by atoms with Crippen LogP contribution < -0.4 is 16.6 Å². The molecule has 1 unspecified atom stereocenters. The van der Waals surface area contributed by atoms with Gasteiger partial charge < -0.3 is 15.9 Å². The molecule has 1 atom stereocenters. The van der Waals surface area contributed by atoms with E-state index in [2.05, 4.69) is 15.1 Å². The number of alkyl halides is 3. The van der Waals surface area contributed by atoms with Crippen LogP contribution in [0.1, 0.15) is 50.4 Å². The zero-order valence-electron chi connectivity index (χ0n) is 19.1. The smallest absolute Gasteiger partial charge is 0.384 e. The third kappa shape index (κ3) is 5.78. The van der Waals surface area contributed by atoms with E-state index in [1.807, 2.05) is 0 Å². The van der Waals surface area contributed by atoms with Gasteiger partial charge in [-0.15, -0.1) is 5.06 Å². The lowest BCUT2D eigenvalue weighted by Crippen LogP contribution is -2.50. The second kappa shape index (κ2) is 10.8. The fraction of sp³-hybridized carbons (Fsp3) is 0.500. The molecule has 1 aromatic carbocycles. The highest BCUT2D eigenvalue weighted by molar-refractivity contribution is 6.00. The predicted octanol–water partition coefficient (Wildman–Crippen LogP) is 2.35. The molecule has 3 rings (SSSR count). The number of hydrogen-bond donors (Lipinski definition) is 2. The van der Waals surface area contributed by atoms with Crippen molar-refractivity contribution in [1.82, 2.24) is 14.6 Å². The Balaban J connectivity index is 1.92. The lowest BCUT2D eigenvalue weighted by Gasteiger charge is -2.30. The first-order valence-electron chi connectivity index (χ1n) is 11.2. The number of amides is 2. The number of unbranched alkanes of at least 4 members (excludes halogenated alkanes) is 3. The average molecular weight is 497 g/mol. The van der Waals surface area contributed by atoms with Gasteiger partial charge in [0, 0.05) is 18.7 Å². The van der Waals surface area contributed by atoms with Crippen molar-refractivity contribution < 1.29 is 32.4 Å². The minimum Gasteiger partial charge on any atom is -0.384 e. The quantitative estimate of drug-likeness (QED) is 0.398. The average Bonchev–Trinajstić information content (AvgIpc) is 2.79. The van der Waals surface area contributed by atoms with Crippen molar-refractivity contribution in [3.05, 3.63) is 34.4 Å². The molecule has 1 aromatic heterocycles. The van der Waals surface area contributed by atoms with Gasteiger partial charge in [-0.2, -0.15) is 13.2 Å². The summed E-state index contributed by atoms with van der Waals surface area (Å²) in [6, 6.07) is 3.67. The number of halogens is 3. The minimum absolute atomic E-state index is 0.122. The molecule has 1 aliphatic heterocycles. The van der Waals surface area contributed by atoms with Crippen LogP contribution >= 0.6 is 0 Å². The summed E-state index contributed by atoms with van der Waals surface area (Å²) in [7, 11) is 0. The van der Waals surface area contributed by atoms with Crippen LogP contribution in [0.3, 0.4) is 0 Å². The van der Waals surface area contributed by atoms with Crippen LogP contribution in [-0.2, 0) is 19.2 Å². The Morgan fingerprint density at radius 2 is 1.91 bits per heavy atom. The van der Waals surface area contributed by atoms with Crippen molar-refractivity contribution in [3.63, 3.8) is 0 Å². The second-order valence-corrected chi connectivity index (χ2v) is 8.12. The molecule has 0 bridgehead atoms. The summed E-state index contributed by atoms with van der Waals surface area (Å²) in [5.41, 5.74) is 5.75. The van der Waals surface area contributed by atoms with Crippen LogP contribution in [0.15, 0.2) is 23.0 Å². The van der Waals surface area contributed by atoms with E-state index < -0.39 is 42.0 Å². The number of anilines is 1. The molecule has 2 heterocycles. The molecule has 1 aliphatic rings. The zero-order chi connectivity index (χ0) is 25.8. The highest BCUT2D eigenvalue weighted by Gasteiger charge is 2.47. The molecule has 1 saturated heterocycles. The highest BCUT2D eigenvalue weighted by atomic mass is 19.4. The Bertz CT molecular complexity index is 1180. The van der Waals surface area contributed by atoms with Gasteiger partial charge in [-0.3, -0.25) is 19.0 Å². The van der Waals surface area contributed by atoms with E-state index in [9.17, 15) is 32.3 Å². The maximum absolute atomic E-state index is 13.5. The lowest BCUT2D eigenvalue weighted by molar-refractivity contribution is -0.238. The molecule has 0 spiro atoms. The van der Waals surface area contributed by atoms with E-state index in [1.165, 1.54) is 6.92 Å². The van der Waals surface area contributed by atoms with Crippen LogP contribution in [0.5, 0.6) is 0 Å². The normalized spacial score (nSPS) is 16.6. The second-order valence-electron chi connectivity index (χ2n) is 8.12. The fourth-order valence-corrected chi connectivity index (χ4v) is 3.93. The first-order valence-corrected chi connectivity index (χ1v) is 11.2. The van der Waals surface area contributed by atoms with Crippen LogP contribution in [0.25, 0.3) is 10.9 Å². The Morgan fingerprint density at radius 3 is 2.60 bits per heavy atom. The van der Waals surface area contributed by atoms with Gasteiger partial charge in [-0.25, -0.2) is 9.78 Å². The van der Waals surface area contributed by atoms with Crippen molar-refractivity contribution in [2.45, 2.75) is 57.7 Å². The summed E-state index contributed by atoms with van der Waals surface area (Å²) in [6.45, 7) is 2.67. The largest absolute Gasteiger partial charge is 0.493 e. The lowest BCUT2D eigenvalue weighted by atomic mass is 10.0. The number of rotatable bonds is 9. The third-order valence-electron chi connectivity index (χ3n) is 5.61. The molecule has 10 nitrogen and oxygen atoms in total. The summed E-state index contributed by atoms with van der Waals surface area (Å²) >= 11 is 0. The topological polar surface area (TPSA) is 137 Å². The summed E-state index contributed by atoms with van der Waals surface area (Å²) in [5.74, 6) is -4.95. The number of hydroxylamine groups is 2. The molecule has 0 aliphatic carbocycles. The summed E-state index contributed by atoms with van der Waals surface area (Å²) in [4.78, 5) is 58.0. The molecule has 13 heteroatoms. The number of fused-ring (bicyclic) bond motifs is 1. The molecule has 3 N–H and O–H groups in total. The molecule has 35 heavy (non-hydrogen) atoms. The standard InChI is InChI=1S/C22H26F3N5O5/c1-13-28-15-8-6-7-14(27-12-5-3-2-4-11-26)18(15)20(33)29(13)16-9-10-17(31)30(19(16)32)35-21(34)22(23,24)25/h6-8,16,27H,2-5,9-12,26H2,1H3. The van der Waals surface area contributed by atoms with Crippen molar-refractivity contribution in [2.75, 3.05) is 18.4 Å². The molecule has 0 radical (unpaired) electrons. The van der Waals surface area contributed by atoms with Gasteiger partial charge in [0.05, 0.1) is 10.9 Å². The van der Waals surface area contributed by atoms with Crippen LogP contribution in [0, 0.1) is 6.92 Å². The number of hydrogen-bond acceptors (Lipinski definition) is 8. The van der Waals surface area contributed by atoms with Gasteiger partial charge in [-0.1, -0.05) is 18.9 Å². The number of benzene rings is 1. The van der Waals surface area contributed by atoms with Gasteiger partial charge in [0.25, 0.3) is 17.4 Å². The fourth-order valence-electron chi connectivity index (χ4n) is 3.93. The first-order chi connectivity index (χ1) is 16.6. The van der Waals surface area contributed by atoms with Crippen LogP contribution in [0.2, 0.25) is 0 Å². The van der Waals surface area contributed by atoms with Crippen molar-refractivity contribution in [3.8, 4) is 0 Å². The Labute approximate surface area is 198 Å². The summed E-state index contributed by atoms with van der Waals surface area (Å²) < 4.78 is 38.9. The Morgan fingerprint density at radius 1 is 1.20 bits per heavy atom. The number of nitrogens with zero attached hydrogens (tertiary/aromatic N) is 3. The Kier molecular flexibility index (Phi) is 8.10. The maximum Gasteiger partial charge on any atom is 0.493 e. The molecule has 190 valence electrons. The van der Waals surface area contributed by atoms with E-state index in [-0.39, 0.29) is 22.7 Å². The van der Waals surface area contributed by atoms with Gasteiger partial charge in [0.2, 0.25) is 0 Å². The van der Waals surface area contributed by atoms with Crippen LogP contribution in [0.4, 0.5) is 18.9 Å². The van der Waals surface area contributed by atoms with Gasteiger partial charge >= 0.3 is 12.1 Å². The number of carbonyl (C=O) groups excluding carboxylic acids is 3. The molecular formula is C22H26F3N5O5. The maximum atomic E-state index is 13.5. The SMILES string of the molecule is Cc1nc2cccc(NCCCCCCN)c2c(=O)n1C1CCC(=O)N(OC(=O)C(F)(F)F)C1=O. The number of imide groups is 1. The zero-order valence-corrected chi connectivity index (χ0v) is 19.1. The monoisotopic (exact) mass is 497 g/mol. The van der Waals surface area contributed by atoms with Gasteiger partial charge in [0.15, 0.2) is 0 Å². The number of piperidine rings is 1.